The maximum atomic E-state index is 14.0. The third-order valence-corrected chi connectivity index (χ3v) is 5.52. The number of rotatable bonds is 2. The predicted octanol–water partition coefficient (Wildman–Crippen LogP) is 3.63. The van der Waals surface area contributed by atoms with Crippen molar-refractivity contribution in [1.29, 1.82) is 0 Å². The Morgan fingerprint density at radius 3 is 2.92 bits per heavy atom. The van der Waals surface area contributed by atoms with Gasteiger partial charge in [-0.1, -0.05) is 24.3 Å². The van der Waals surface area contributed by atoms with E-state index in [-0.39, 0.29) is 22.9 Å². The summed E-state index contributed by atoms with van der Waals surface area (Å²) < 4.78 is 14.0. The highest BCUT2D eigenvalue weighted by atomic mass is 32.2. The van der Waals surface area contributed by atoms with E-state index in [9.17, 15) is 14.0 Å². The number of carbonyl (C=O) groups is 1. The summed E-state index contributed by atoms with van der Waals surface area (Å²) >= 11 is 1.45. The van der Waals surface area contributed by atoms with Gasteiger partial charge < -0.3 is 10.3 Å². The molecule has 0 aliphatic carbocycles. The molecule has 2 aromatic carbocycles. The van der Waals surface area contributed by atoms with Crippen molar-refractivity contribution in [3.8, 4) is 0 Å². The van der Waals surface area contributed by atoms with Crippen molar-refractivity contribution >= 4 is 28.6 Å². The fourth-order valence-corrected chi connectivity index (χ4v) is 4.25. The Morgan fingerprint density at radius 1 is 1.20 bits per heavy atom. The van der Waals surface area contributed by atoms with Gasteiger partial charge in [0.2, 0.25) is 5.43 Å². The highest BCUT2D eigenvalue weighted by Gasteiger charge is 2.25. The number of carbonyl (C=O) groups excluding carboxylic acids is 1. The molecule has 4 nitrogen and oxygen atoms in total. The van der Waals surface area contributed by atoms with E-state index in [4.69, 9.17) is 0 Å². The molecule has 1 aliphatic rings. The number of amides is 1. The minimum Gasteiger partial charge on any atom is -0.360 e. The van der Waals surface area contributed by atoms with E-state index < -0.39 is 5.91 Å². The van der Waals surface area contributed by atoms with E-state index in [2.05, 4.69) is 10.3 Å². The molecule has 1 aromatic heterocycles. The second kappa shape index (κ2) is 6.37. The van der Waals surface area contributed by atoms with Crippen molar-refractivity contribution in [3.63, 3.8) is 0 Å². The van der Waals surface area contributed by atoms with Gasteiger partial charge in [-0.2, -0.15) is 0 Å². The lowest BCUT2D eigenvalue weighted by Gasteiger charge is -2.26. The fraction of sp³-hybridized carbons (Fsp3) is 0.158. The molecule has 2 heterocycles. The van der Waals surface area contributed by atoms with Crippen LogP contribution in [0.2, 0.25) is 0 Å². The van der Waals surface area contributed by atoms with Crippen LogP contribution in [0.25, 0.3) is 10.9 Å². The van der Waals surface area contributed by atoms with Crippen LogP contribution < -0.4 is 10.7 Å². The minimum absolute atomic E-state index is 0.0647. The molecule has 0 radical (unpaired) electrons. The van der Waals surface area contributed by atoms with Crippen molar-refractivity contribution in [2.75, 3.05) is 5.75 Å². The third kappa shape index (κ3) is 2.82. The van der Waals surface area contributed by atoms with Gasteiger partial charge in [0.05, 0.1) is 6.04 Å². The monoisotopic (exact) mass is 354 g/mol. The molecule has 0 saturated carbocycles. The van der Waals surface area contributed by atoms with E-state index in [1.807, 2.05) is 12.1 Å². The number of fused-ring (bicyclic) bond motifs is 2. The van der Waals surface area contributed by atoms with Gasteiger partial charge in [0.25, 0.3) is 5.91 Å². The second-order valence-corrected chi connectivity index (χ2v) is 7.00. The topological polar surface area (TPSA) is 62.0 Å². The fourth-order valence-electron chi connectivity index (χ4n) is 3.11. The lowest BCUT2D eigenvalue weighted by molar-refractivity contribution is 0.0933. The Hall–Kier alpha value is -2.60. The SMILES string of the molecule is O=C(N[C@H]1CCSc2c(F)cccc21)c1c[nH]c2ccccc2c1=O. The summed E-state index contributed by atoms with van der Waals surface area (Å²) in [5.74, 6) is -0.00318. The van der Waals surface area contributed by atoms with E-state index in [0.29, 0.717) is 28.0 Å². The van der Waals surface area contributed by atoms with Gasteiger partial charge in [0.1, 0.15) is 11.4 Å². The third-order valence-electron chi connectivity index (χ3n) is 4.36. The number of benzene rings is 2. The normalized spacial score (nSPS) is 16.4. The summed E-state index contributed by atoms with van der Waals surface area (Å²) in [7, 11) is 0. The van der Waals surface area contributed by atoms with Crippen LogP contribution >= 0.6 is 11.8 Å². The summed E-state index contributed by atoms with van der Waals surface area (Å²) in [5, 5.41) is 3.36. The Morgan fingerprint density at radius 2 is 2.04 bits per heavy atom. The Bertz CT molecular complexity index is 1030. The number of aromatic amines is 1. The van der Waals surface area contributed by atoms with E-state index in [1.54, 1.807) is 24.3 Å². The molecule has 3 aromatic rings. The average Bonchev–Trinajstić information content (AvgIpc) is 2.63. The summed E-state index contributed by atoms with van der Waals surface area (Å²) in [5.41, 5.74) is 1.21. The molecule has 0 bridgehead atoms. The number of hydrogen-bond donors (Lipinski definition) is 2. The zero-order valence-electron chi connectivity index (χ0n) is 13.2. The molecule has 2 N–H and O–H groups in total. The first-order chi connectivity index (χ1) is 12.1. The molecule has 0 unspecified atom stereocenters. The first kappa shape index (κ1) is 15.9. The minimum atomic E-state index is -0.445. The Balaban J connectivity index is 1.67. The maximum Gasteiger partial charge on any atom is 0.257 e. The van der Waals surface area contributed by atoms with Crippen LogP contribution in [0, 0.1) is 5.82 Å². The molecule has 0 spiro atoms. The molecule has 0 fully saturated rings. The molecule has 6 heteroatoms. The van der Waals surface area contributed by atoms with Gasteiger partial charge in [-0.25, -0.2) is 4.39 Å². The molecule has 1 atom stereocenters. The van der Waals surface area contributed by atoms with Crippen molar-refractivity contribution < 1.29 is 9.18 Å². The predicted molar refractivity (Wildman–Crippen MR) is 96.5 cm³/mol. The number of H-pyrrole nitrogens is 1. The zero-order valence-corrected chi connectivity index (χ0v) is 14.0. The summed E-state index contributed by atoms with van der Waals surface area (Å²) in [4.78, 5) is 28.8. The largest absolute Gasteiger partial charge is 0.360 e. The van der Waals surface area contributed by atoms with Gasteiger partial charge >= 0.3 is 0 Å². The quantitative estimate of drug-likeness (QED) is 0.739. The van der Waals surface area contributed by atoms with Crippen molar-refractivity contribution in [3.05, 3.63) is 75.8 Å². The lowest BCUT2D eigenvalue weighted by atomic mass is 10.0. The smallest absolute Gasteiger partial charge is 0.257 e. The summed E-state index contributed by atoms with van der Waals surface area (Å²) in [6.45, 7) is 0. The molecular formula is C19H15FN2O2S. The van der Waals surface area contributed by atoms with Gasteiger partial charge in [-0.3, -0.25) is 9.59 Å². The maximum absolute atomic E-state index is 14.0. The molecular weight excluding hydrogens is 339 g/mol. The number of aromatic nitrogens is 1. The first-order valence-corrected chi connectivity index (χ1v) is 8.96. The first-order valence-electron chi connectivity index (χ1n) is 7.97. The van der Waals surface area contributed by atoms with Crippen molar-refractivity contribution in [2.24, 2.45) is 0 Å². The van der Waals surface area contributed by atoms with Gasteiger partial charge in [-0.05, 0) is 30.2 Å². The molecule has 126 valence electrons. The number of pyridine rings is 1. The molecule has 1 amide bonds. The standard InChI is InChI=1S/C19H15FN2O2S/c20-14-6-3-5-12-16(8-9-25-18(12)14)22-19(24)13-10-21-15-7-2-1-4-11(15)17(13)23/h1-7,10,16H,8-9H2,(H,21,23)(H,22,24)/t16-/m0/s1. The van der Waals surface area contributed by atoms with Gasteiger partial charge in [0, 0.05) is 27.7 Å². The van der Waals surface area contributed by atoms with Crippen LogP contribution in [-0.2, 0) is 0 Å². The Kier molecular flexibility index (Phi) is 4.05. The van der Waals surface area contributed by atoms with Crippen LogP contribution in [0.4, 0.5) is 4.39 Å². The van der Waals surface area contributed by atoms with Gasteiger partial charge in [-0.15, -0.1) is 11.8 Å². The van der Waals surface area contributed by atoms with Crippen LogP contribution in [-0.4, -0.2) is 16.6 Å². The molecule has 1 aliphatic heterocycles. The van der Waals surface area contributed by atoms with Gasteiger partial charge in [0.15, 0.2) is 0 Å². The summed E-state index contributed by atoms with van der Waals surface area (Å²) in [6.07, 6.45) is 2.13. The number of para-hydroxylation sites is 1. The number of thioether (sulfide) groups is 1. The molecule has 25 heavy (non-hydrogen) atoms. The molecule has 4 rings (SSSR count). The van der Waals surface area contributed by atoms with E-state index in [0.717, 1.165) is 5.56 Å². The van der Waals surface area contributed by atoms with E-state index >= 15 is 0 Å². The highest BCUT2D eigenvalue weighted by molar-refractivity contribution is 7.99. The Labute approximate surface area is 147 Å². The lowest BCUT2D eigenvalue weighted by Crippen LogP contribution is -2.34. The van der Waals surface area contributed by atoms with Crippen LogP contribution in [0.3, 0.4) is 0 Å². The molecule has 0 saturated heterocycles. The number of nitrogens with one attached hydrogen (secondary N) is 2. The average molecular weight is 354 g/mol. The van der Waals surface area contributed by atoms with Crippen LogP contribution in [0.5, 0.6) is 0 Å². The summed E-state index contributed by atoms with van der Waals surface area (Å²) in [6, 6.07) is 11.6. The number of hydrogen-bond acceptors (Lipinski definition) is 3. The second-order valence-electron chi connectivity index (χ2n) is 5.90. The number of halogens is 1. The van der Waals surface area contributed by atoms with Crippen molar-refractivity contribution in [1.82, 2.24) is 10.3 Å². The van der Waals surface area contributed by atoms with Crippen LogP contribution in [0.1, 0.15) is 28.4 Å². The van der Waals surface area contributed by atoms with E-state index in [1.165, 1.54) is 24.0 Å². The van der Waals surface area contributed by atoms with Crippen LogP contribution in [0.15, 0.2) is 58.4 Å². The highest BCUT2D eigenvalue weighted by Crippen LogP contribution is 2.37. The van der Waals surface area contributed by atoms with Crippen molar-refractivity contribution in [2.45, 2.75) is 17.4 Å². The zero-order chi connectivity index (χ0) is 17.4.